The lowest BCUT2D eigenvalue weighted by Gasteiger charge is -2.03. The Balaban J connectivity index is 2.68. The van der Waals surface area contributed by atoms with Gasteiger partial charge in [0.15, 0.2) is 11.5 Å². The van der Waals surface area contributed by atoms with Gasteiger partial charge in [-0.1, -0.05) is 0 Å². The van der Waals surface area contributed by atoms with E-state index in [4.69, 9.17) is 16.3 Å². The average molecular weight is 202 g/mol. The Hall–Kier alpha value is -1.29. The molecule has 1 rings (SSSR count). The fraction of sp³-hybridized carbons (Fsp3) is 0.250. The summed E-state index contributed by atoms with van der Waals surface area (Å²) < 4.78 is 5.44. The van der Waals surface area contributed by atoms with Crippen LogP contribution in [0.2, 0.25) is 5.15 Å². The summed E-state index contributed by atoms with van der Waals surface area (Å²) in [5, 5.41) is 11.0. The van der Waals surface area contributed by atoms with E-state index in [1.54, 1.807) is 0 Å². The molecule has 13 heavy (non-hydrogen) atoms. The molecule has 0 bridgehead atoms. The van der Waals surface area contributed by atoms with Gasteiger partial charge in [0.2, 0.25) is 6.20 Å². The maximum Gasteiger partial charge on any atom is 0.286 e. The number of halogens is 1. The molecule has 5 heteroatoms. The number of hydrogen-bond acceptors (Lipinski definition) is 3. The lowest BCUT2D eigenvalue weighted by molar-refractivity contribution is -0.603. The van der Waals surface area contributed by atoms with E-state index in [9.17, 15) is 10.0 Å². The van der Waals surface area contributed by atoms with Crippen molar-refractivity contribution in [2.24, 2.45) is 0 Å². The zero-order valence-corrected chi connectivity index (χ0v) is 7.75. The van der Waals surface area contributed by atoms with Gasteiger partial charge in [0, 0.05) is 6.07 Å². The quantitative estimate of drug-likeness (QED) is 0.416. The molecule has 0 aliphatic carbocycles. The highest BCUT2D eigenvalue weighted by molar-refractivity contribution is 6.28. The number of ether oxygens (including phenoxy) is 1. The second-order valence-electron chi connectivity index (χ2n) is 2.50. The van der Waals surface area contributed by atoms with Gasteiger partial charge in [0.05, 0.1) is 0 Å². The summed E-state index contributed by atoms with van der Waals surface area (Å²) in [5.41, 5.74) is 0. The van der Waals surface area contributed by atoms with Crippen molar-refractivity contribution in [3.05, 3.63) is 28.7 Å². The fourth-order valence-corrected chi connectivity index (χ4v) is 0.827. The van der Waals surface area contributed by atoms with Gasteiger partial charge in [0.25, 0.3) is 5.15 Å². The minimum atomic E-state index is -0.104. The van der Waals surface area contributed by atoms with Gasteiger partial charge in [-0.05, 0) is 24.6 Å². The molecular formula is C8H8ClNO3. The Morgan fingerprint density at radius 2 is 2.38 bits per heavy atom. The molecule has 1 aromatic rings. The minimum Gasteiger partial charge on any atom is -0.618 e. The highest BCUT2D eigenvalue weighted by Gasteiger charge is 2.04. The monoisotopic (exact) mass is 201 g/mol. The van der Waals surface area contributed by atoms with E-state index in [2.05, 4.69) is 0 Å². The first-order valence-electron chi connectivity index (χ1n) is 3.60. The summed E-state index contributed by atoms with van der Waals surface area (Å²) in [4.78, 5) is 10.5. The van der Waals surface area contributed by atoms with Crippen molar-refractivity contribution in [2.75, 3.05) is 6.61 Å². The van der Waals surface area contributed by atoms with Crippen LogP contribution in [0.25, 0.3) is 0 Å². The van der Waals surface area contributed by atoms with Crippen molar-refractivity contribution in [3.63, 3.8) is 0 Å². The van der Waals surface area contributed by atoms with Crippen molar-refractivity contribution in [1.29, 1.82) is 0 Å². The van der Waals surface area contributed by atoms with Gasteiger partial charge < -0.3 is 9.94 Å². The lowest BCUT2D eigenvalue weighted by atomic mass is 10.4. The van der Waals surface area contributed by atoms with Gasteiger partial charge in [-0.3, -0.25) is 4.79 Å². The van der Waals surface area contributed by atoms with Crippen LogP contribution in [-0.2, 0) is 4.79 Å². The maximum absolute atomic E-state index is 10.9. The molecule has 0 atom stereocenters. The molecule has 0 radical (unpaired) electrons. The zero-order valence-electron chi connectivity index (χ0n) is 6.99. The number of carbonyl (C=O) groups excluding carboxylic acids is 1. The van der Waals surface area contributed by atoms with Gasteiger partial charge in [0.1, 0.15) is 6.61 Å². The van der Waals surface area contributed by atoms with Crippen LogP contribution in [0.15, 0.2) is 18.3 Å². The Morgan fingerprint density at radius 3 is 2.92 bits per heavy atom. The van der Waals surface area contributed by atoms with Crippen LogP contribution in [0.3, 0.4) is 0 Å². The molecule has 1 heterocycles. The van der Waals surface area contributed by atoms with Crippen molar-refractivity contribution in [2.45, 2.75) is 6.92 Å². The van der Waals surface area contributed by atoms with E-state index in [1.807, 2.05) is 0 Å². The summed E-state index contributed by atoms with van der Waals surface area (Å²) in [5.74, 6) is 0.224. The van der Waals surface area contributed by atoms with Crippen LogP contribution in [0.5, 0.6) is 5.75 Å². The predicted molar refractivity (Wildman–Crippen MR) is 46.6 cm³/mol. The topological polar surface area (TPSA) is 53.2 Å². The van der Waals surface area contributed by atoms with Crippen LogP contribution in [0.4, 0.5) is 0 Å². The number of hydrogen-bond donors (Lipinski definition) is 0. The molecule has 0 aliphatic rings. The zero-order chi connectivity index (χ0) is 9.84. The normalized spacial score (nSPS) is 9.69. The molecule has 0 saturated carbocycles. The third-order valence-electron chi connectivity index (χ3n) is 1.28. The van der Waals surface area contributed by atoms with Crippen LogP contribution < -0.4 is 9.47 Å². The number of pyridine rings is 1. The smallest absolute Gasteiger partial charge is 0.286 e. The second-order valence-corrected chi connectivity index (χ2v) is 2.89. The number of ketones is 1. The average Bonchev–Trinajstić information content (AvgIpc) is 2.07. The van der Waals surface area contributed by atoms with Crippen LogP contribution in [-0.4, -0.2) is 12.4 Å². The summed E-state index contributed by atoms with van der Waals surface area (Å²) in [6.45, 7) is 1.36. The van der Waals surface area contributed by atoms with Crippen LogP contribution >= 0.6 is 11.6 Å². The van der Waals surface area contributed by atoms with Gasteiger partial charge in [-0.2, -0.15) is 4.73 Å². The van der Waals surface area contributed by atoms with Crippen LogP contribution in [0.1, 0.15) is 6.92 Å². The Labute approximate surface area is 80.3 Å². The molecule has 0 amide bonds. The Bertz CT molecular complexity index is 327. The van der Waals surface area contributed by atoms with E-state index in [1.165, 1.54) is 25.3 Å². The minimum absolute atomic E-state index is 0.0400. The van der Waals surface area contributed by atoms with E-state index in [-0.39, 0.29) is 17.5 Å². The summed E-state index contributed by atoms with van der Waals surface area (Å²) in [7, 11) is 0. The standard InChI is InChI=1S/C8H8ClNO3/c1-6(11)5-13-7-2-3-8(9)10(12)4-7/h2-4H,5H2,1H3. The largest absolute Gasteiger partial charge is 0.618 e. The lowest BCUT2D eigenvalue weighted by Crippen LogP contribution is -2.27. The van der Waals surface area contributed by atoms with Crippen LogP contribution in [0, 0.1) is 5.21 Å². The molecule has 0 aliphatic heterocycles. The number of aromatic nitrogens is 1. The molecule has 0 unspecified atom stereocenters. The second kappa shape index (κ2) is 4.09. The van der Waals surface area contributed by atoms with Crippen molar-refractivity contribution in [3.8, 4) is 5.75 Å². The van der Waals surface area contributed by atoms with Crippen molar-refractivity contribution in [1.82, 2.24) is 0 Å². The first-order chi connectivity index (χ1) is 6.09. The fourth-order valence-electron chi connectivity index (χ4n) is 0.715. The summed E-state index contributed by atoms with van der Waals surface area (Å²) in [6, 6.07) is 2.93. The molecule has 0 aromatic carbocycles. The molecule has 0 saturated heterocycles. The third-order valence-corrected chi connectivity index (χ3v) is 1.57. The highest BCUT2D eigenvalue weighted by Crippen LogP contribution is 2.10. The van der Waals surface area contributed by atoms with Gasteiger partial charge >= 0.3 is 0 Å². The molecule has 70 valence electrons. The van der Waals surface area contributed by atoms with E-state index in [0.29, 0.717) is 10.5 Å². The molecule has 0 spiro atoms. The van der Waals surface area contributed by atoms with Gasteiger partial charge in [-0.25, -0.2) is 0 Å². The van der Waals surface area contributed by atoms with Crippen molar-refractivity contribution < 1.29 is 14.3 Å². The van der Waals surface area contributed by atoms with Crippen molar-refractivity contribution >= 4 is 17.4 Å². The number of rotatable bonds is 3. The predicted octanol–water partition coefficient (Wildman–Crippen LogP) is 0.941. The first kappa shape index (κ1) is 9.80. The molecule has 0 N–H and O–H groups in total. The molecule has 4 nitrogen and oxygen atoms in total. The first-order valence-corrected chi connectivity index (χ1v) is 3.98. The third kappa shape index (κ3) is 2.91. The molecule has 1 aromatic heterocycles. The summed E-state index contributed by atoms with van der Waals surface area (Å²) >= 11 is 5.47. The number of Topliss-reactive ketones (excluding diaryl/α,β-unsaturated/α-hetero) is 1. The van der Waals surface area contributed by atoms with E-state index < -0.39 is 0 Å². The Morgan fingerprint density at radius 1 is 1.69 bits per heavy atom. The number of carbonyl (C=O) groups is 1. The number of nitrogens with zero attached hydrogens (tertiary/aromatic N) is 1. The summed E-state index contributed by atoms with van der Waals surface area (Å²) in [6.07, 6.45) is 1.17. The maximum atomic E-state index is 10.9. The van der Waals surface area contributed by atoms with E-state index >= 15 is 0 Å². The van der Waals surface area contributed by atoms with Gasteiger partial charge in [-0.15, -0.1) is 0 Å². The molecule has 0 fully saturated rings. The highest BCUT2D eigenvalue weighted by atomic mass is 35.5. The SMILES string of the molecule is CC(=O)COc1ccc(Cl)[n+]([O-])c1. The van der Waals surface area contributed by atoms with E-state index in [0.717, 1.165) is 0 Å². The molecular weight excluding hydrogens is 194 g/mol. The Kier molecular flexibility index (Phi) is 3.08.